The van der Waals surface area contributed by atoms with Gasteiger partial charge in [-0.1, -0.05) is 13.8 Å². The lowest BCUT2D eigenvalue weighted by molar-refractivity contribution is 0.0385. The van der Waals surface area contributed by atoms with Gasteiger partial charge in [-0.3, -0.25) is 29.0 Å². The molecule has 0 N–H and O–H groups in total. The fraction of sp³-hybridized carbons (Fsp3) is 0.333. The van der Waals surface area contributed by atoms with E-state index in [1.165, 1.54) is 11.9 Å². The van der Waals surface area contributed by atoms with Crippen molar-refractivity contribution in [2.24, 2.45) is 0 Å². The van der Waals surface area contributed by atoms with Crippen LogP contribution in [-0.4, -0.2) is 46.0 Å². The lowest BCUT2D eigenvalue weighted by atomic mass is 9.83. The fourth-order valence-electron chi connectivity index (χ4n) is 4.05. The summed E-state index contributed by atoms with van der Waals surface area (Å²) in [6.45, 7) is 5.80. The number of carbonyl (C=O) groups excluding carboxylic acids is 4. The highest BCUT2D eigenvalue weighted by Gasteiger charge is 2.44. The molecule has 0 fully saturated rings. The monoisotopic (exact) mass is 364 g/mol. The van der Waals surface area contributed by atoms with Crippen LogP contribution in [0.25, 0.3) is 10.8 Å². The van der Waals surface area contributed by atoms with Crippen LogP contribution in [0.4, 0.5) is 0 Å². The molecule has 0 spiro atoms. The maximum atomic E-state index is 13.3. The van der Waals surface area contributed by atoms with Crippen LogP contribution in [0.15, 0.2) is 24.3 Å². The van der Waals surface area contributed by atoms with Crippen molar-refractivity contribution < 1.29 is 19.2 Å². The molecule has 0 bridgehead atoms. The van der Waals surface area contributed by atoms with E-state index in [0.717, 1.165) is 4.90 Å². The van der Waals surface area contributed by atoms with Crippen LogP contribution in [0.2, 0.25) is 0 Å². The van der Waals surface area contributed by atoms with Crippen molar-refractivity contribution >= 4 is 34.4 Å². The van der Waals surface area contributed by atoms with E-state index in [2.05, 4.69) is 0 Å². The Hall–Kier alpha value is -3.02. The molecule has 4 amide bonds. The number of rotatable bonds is 3. The van der Waals surface area contributed by atoms with Gasteiger partial charge >= 0.3 is 0 Å². The summed E-state index contributed by atoms with van der Waals surface area (Å²) in [5.41, 5.74) is 0.816. The minimum absolute atomic E-state index is 0.343. The average molecular weight is 364 g/mol. The van der Waals surface area contributed by atoms with Crippen LogP contribution in [0.3, 0.4) is 0 Å². The van der Waals surface area contributed by atoms with Crippen molar-refractivity contribution in [2.75, 3.05) is 7.05 Å². The Bertz CT molecular complexity index is 995. The zero-order chi connectivity index (χ0) is 19.7. The standard InChI is InChI=1S/C21H20N2O4/c1-5-21(3,6-2)23-19(26)13-9-7-11-15-12(18(25)22(4)17(11)24)8-10-14(16(13)15)20(23)27/h7-10H,5-6H2,1-4H3. The second-order valence-corrected chi connectivity index (χ2v) is 7.39. The Morgan fingerprint density at radius 3 is 1.37 bits per heavy atom. The first kappa shape index (κ1) is 17.4. The molecule has 0 radical (unpaired) electrons. The van der Waals surface area contributed by atoms with Crippen molar-refractivity contribution in [3.63, 3.8) is 0 Å². The van der Waals surface area contributed by atoms with Crippen LogP contribution in [0, 0.1) is 0 Å². The van der Waals surface area contributed by atoms with Gasteiger partial charge in [0.25, 0.3) is 23.6 Å². The Labute approximate surface area is 156 Å². The van der Waals surface area contributed by atoms with Crippen LogP contribution in [-0.2, 0) is 0 Å². The summed E-state index contributed by atoms with van der Waals surface area (Å²) >= 11 is 0. The molecule has 4 rings (SSSR count). The van der Waals surface area contributed by atoms with Gasteiger partial charge in [-0.25, -0.2) is 0 Å². The molecule has 2 aromatic rings. The molecule has 2 aliphatic heterocycles. The SMILES string of the molecule is CCC(C)(CC)N1C(=O)c2ccc3c4c(ccc(c24)C1=O)C(=O)N(C)C3=O. The first-order chi connectivity index (χ1) is 12.8. The van der Waals surface area contributed by atoms with Crippen LogP contribution in [0.5, 0.6) is 0 Å². The van der Waals surface area contributed by atoms with Gasteiger partial charge in [0, 0.05) is 45.6 Å². The van der Waals surface area contributed by atoms with Crippen LogP contribution in [0.1, 0.15) is 75.0 Å². The van der Waals surface area contributed by atoms with Gasteiger partial charge in [0.05, 0.1) is 0 Å². The molecule has 6 nitrogen and oxygen atoms in total. The van der Waals surface area contributed by atoms with Crippen LogP contribution >= 0.6 is 0 Å². The summed E-state index contributed by atoms with van der Waals surface area (Å²) in [6.07, 6.45) is 1.27. The Kier molecular flexibility index (Phi) is 3.54. The van der Waals surface area contributed by atoms with Crippen molar-refractivity contribution in [2.45, 2.75) is 39.2 Å². The molecular formula is C21H20N2O4. The molecule has 0 unspecified atom stereocenters. The van der Waals surface area contributed by atoms with E-state index in [4.69, 9.17) is 0 Å². The van der Waals surface area contributed by atoms with Gasteiger partial charge in [-0.15, -0.1) is 0 Å². The largest absolute Gasteiger partial charge is 0.277 e. The smallest absolute Gasteiger partial charge is 0.261 e. The van der Waals surface area contributed by atoms with Crippen LogP contribution < -0.4 is 0 Å². The molecular weight excluding hydrogens is 344 g/mol. The Morgan fingerprint density at radius 2 is 1.04 bits per heavy atom. The molecule has 2 heterocycles. The molecule has 27 heavy (non-hydrogen) atoms. The molecule has 6 heteroatoms. The minimum Gasteiger partial charge on any atom is -0.277 e. The third-order valence-corrected chi connectivity index (χ3v) is 6.16. The third-order valence-electron chi connectivity index (χ3n) is 6.16. The van der Waals surface area contributed by atoms with E-state index in [1.54, 1.807) is 24.3 Å². The Balaban J connectivity index is 2.07. The number of carbonyl (C=O) groups is 4. The summed E-state index contributed by atoms with van der Waals surface area (Å²) < 4.78 is 0. The topological polar surface area (TPSA) is 74.8 Å². The van der Waals surface area contributed by atoms with Gasteiger partial charge in [-0.2, -0.15) is 0 Å². The molecule has 0 aromatic heterocycles. The molecule has 0 atom stereocenters. The zero-order valence-corrected chi connectivity index (χ0v) is 15.8. The second-order valence-electron chi connectivity index (χ2n) is 7.39. The van der Waals surface area contributed by atoms with Crippen molar-refractivity contribution in [3.8, 4) is 0 Å². The molecule has 2 aliphatic rings. The number of nitrogens with zero attached hydrogens (tertiary/aromatic N) is 2. The summed E-state index contributed by atoms with van der Waals surface area (Å²) in [6, 6.07) is 6.36. The number of imide groups is 2. The van der Waals surface area contributed by atoms with E-state index in [-0.39, 0.29) is 11.8 Å². The van der Waals surface area contributed by atoms with Gasteiger partial charge < -0.3 is 0 Å². The van der Waals surface area contributed by atoms with Gasteiger partial charge in [0.2, 0.25) is 0 Å². The van der Waals surface area contributed by atoms with Gasteiger partial charge in [-0.05, 0) is 44.0 Å². The quantitative estimate of drug-likeness (QED) is 0.784. The molecule has 0 saturated heterocycles. The van der Waals surface area contributed by atoms with E-state index in [0.29, 0.717) is 45.9 Å². The first-order valence-corrected chi connectivity index (χ1v) is 9.07. The predicted molar refractivity (Wildman–Crippen MR) is 99.9 cm³/mol. The Morgan fingerprint density at radius 1 is 0.704 bits per heavy atom. The van der Waals surface area contributed by atoms with E-state index >= 15 is 0 Å². The lowest BCUT2D eigenvalue weighted by Gasteiger charge is -2.41. The lowest BCUT2D eigenvalue weighted by Crippen LogP contribution is -2.54. The first-order valence-electron chi connectivity index (χ1n) is 9.07. The highest BCUT2D eigenvalue weighted by molar-refractivity contribution is 6.33. The molecule has 0 saturated carbocycles. The molecule has 2 aromatic carbocycles. The summed E-state index contributed by atoms with van der Waals surface area (Å²) in [4.78, 5) is 54.0. The predicted octanol–water partition coefficient (Wildman–Crippen LogP) is 3.24. The minimum atomic E-state index is -0.599. The van der Waals surface area contributed by atoms with Crippen molar-refractivity contribution in [3.05, 3.63) is 46.5 Å². The molecule has 138 valence electrons. The zero-order valence-electron chi connectivity index (χ0n) is 15.8. The third kappa shape index (κ3) is 2.01. The number of benzene rings is 2. The highest BCUT2D eigenvalue weighted by atomic mass is 16.2. The second kappa shape index (κ2) is 5.49. The summed E-state index contributed by atoms with van der Waals surface area (Å²) in [5.74, 6) is -1.60. The maximum absolute atomic E-state index is 13.3. The van der Waals surface area contributed by atoms with E-state index in [9.17, 15) is 19.2 Å². The van der Waals surface area contributed by atoms with E-state index < -0.39 is 17.4 Å². The van der Waals surface area contributed by atoms with E-state index in [1.807, 2.05) is 20.8 Å². The van der Waals surface area contributed by atoms with Gasteiger partial charge in [0.1, 0.15) is 0 Å². The highest BCUT2D eigenvalue weighted by Crippen LogP contribution is 2.40. The number of hydrogen-bond acceptors (Lipinski definition) is 4. The number of hydrogen-bond donors (Lipinski definition) is 0. The fourth-order valence-corrected chi connectivity index (χ4v) is 4.05. The summed E-state index contributed by atoms with van der Waals surface area (Å²) in [7, 11) is 1.43. The summed E-state index contributed by atoms with van der Waals surface area (Å²) in [5, 5.41) is 0.828. The van der Waals surface area contributed by atoms with Crippen molar-refractivity contribution in [1.29, 1.82) is 0 Å². The van der Waals surface area contributed by atoms with Crippen molar-refractivity contribution in [1.82, 2.24) is 9.80 Å². The maximum Gasteiger partial charge on any atom is 0.261 e. The normalized spacial score (nSPS) is 16.6. The average Bonchev–Trinajstić information content (AvgIpc) is 2.68. The van der Waals surface area contributed by atoms with Gasteiger partial charge in [0.15, 0.2) is 0 Å². The number of amides is 4. The molecule has 0 aliphatic carbocycles.